The Kier molecular flexibility index (Phi) is 4.26. The predicted molar refractivity (Wildman–Crippen MR) is 51.4 cm³/mol. The summed E-state index contributed by atoms with van der Waals surface area (Å²) in [6, 6.07) is 0. The van der Waals surface area contributed by atoms with Crippen molar-refractivity contribution in [3.8, 4) is 0 Å². The summed E-state index contributed by atoms with van der Waals surface area (Å²) in [6.45, 7) is 0. The van der Waals surface area contributed by atoms with Crippen LogP contribution >= 0.6 is 32.3 Å². The molecule has 0 aromatic carbocycles. The monoisotopic (exact) mass is 293 g/mol. The van der Waals surface area contributed by atoms with Crippen LogP contribution in [0.2, 0.25) is 0 Å². The zero-order valence-corrected chi connectivity index (χ0v) is 8.05. The van der Waals surface area contributed by atoms with Gasteiger partial charge in [0.1, 0.15) is 0 Å². The van der Waals surface area contributed by atoms with E-state index in [1.807, 2.05) is 4.98 Å². The molecular weight excluding hydrogens is 293 g/mol. The van der Waals surface area contributed by atoms with Crippen LogP contribution in [0.3, 0.4) is 0 Å². The number of hydrogen-bond donors (Lipinski definition) is 1. The van der Waals surface area contributed by atoms with Gasteiger partial charge in [0.2, 0.25) is 0 Å². The molecule has 0 atom stereocenters. The number of H-pyrrole nitrogens is 1. The van der Waals surface area contributed by atoms with E-state index in [0.29, 0.717) is 7.19 Å². The Hall–Kier alpha value is -0.0326. The van der Waals surface area contributed by atoms with Crippen LogP contribution in [0.5, 0.6) is 0 Å². The average molecular weight is 295 g/mol. The molecule has 1 aromatic heterocycles. The van der Waals surface area contributed by atoms with Gasteiger partial charge in [-0.2, -0.15) is 7.19 Å². The molecule has 0 unspecified atom stereocenters. The molecular formula is C3H2Br2LiN3O3. The number of hydrogen-bond acceptors (Lipinski definition) is 3. The molecule has 9 heteroatoms. The van der Waals surface area contributed by atoms with Crippen LogP contribution in [0, 0.1) is 0 Å². The molecule has 0 bridgehead atoms. The normalized spacial score (nSPS) is 9.17. The molecule has 0 aliphatic heterocycles. The van der Waals surface area contributed by atoms with Crippen LogP contribution in [0.1, 0.15) is 0 Å². The first-order valence-electron chi connectivity index (χ1n) is 2.34. The molecule has 0 fully saturated rings. The third kappa shape index (κ3) is 2.01. The number of halogens is 2. The Morgan fingerprint density at radius 1 is 1.00 bits per heavy atom. The summed E-state index contributed by atoms with van der Waals surface area (Å²) < 4.78 is 1.17. The second kappa shape index (κ2) is 4.27. The Morgan fingerprint density at radius 2 is 1.33 bits per heavy atom. The van der Waals surface area contributed by atoms with Gasteiger partial charge in [-0.25, -0.2) is 14.4 Å². The maximum absolute atomic E-state index is 10.8. The van der Waals surface area contributed by atoms with Crippen molar-refractivity contribution in [3.63, 3.8) is 0 Å². The van der Waals surface area contributed by atoms with E-state index in [1.165, 1.54) is 0 Å². The van der Waals surface area contributed by atoms with Gasteiger partial charge in [0.15, 0.2) is 0 Å². The second-order valence-electron chi connectivity index (χ2n) is 1.58. The van der Waals surface area contributed by atoms with E-state index in [1.54, 1.807) is 0 Å². The van der Waals surface area contributed by atoms with Gasteiger partial charge in [-0.15, -0.1) is 0 Å². The molecule has 62 valence electrons. The number of nitrogens with one attached hydrogen (secondary N) is 1. The fourth-order valence-electron chi connectivity index (χ4n) is 0.440. The van der Waals surface area contributed by atoms with Crippen LogP contribution in [0.4, 0.5) is 0 Å². The van der Waals surface area contributed by atoms with E-state index in [4.69, 9.17) is 0 Å². The first kappa shape index (κ1) is 12.0. The average Bonchev–Trinajstić information content (AvgIpc) is 1.97. The molecule has 0 aliphatic carbocycles. The van der Waals surface area contributed by atoms with Gasteiger partial charge >= 0.3 is 35.9 Å². The number of rotatable bonds is 0. The summed E-state index contributed by atoms with van der Waals surface area (Å²) in [7, 11) is 0. The third-order valence-corrected chi connectivity index (χ3v) is 2.16. The van der Waals surface area contributed by atoms with Gasteiger partial charge in [0, 0.05) is 0 Å². The van der Waals surface area contributed by atoms with Crippen molar-refractivity contribution < 1.29 is 0 Å². The molecule has 6 nitrogen and oxygen atoms in total. The van der Waals surface area contributed by atoms with Gasteiger partial charge in [-0.05, 0) is 0 Å². The first-order valence-corrected chi connectivity index (χ1v) is 3.76. The zero-order valence-electron chi connectivity index (χ0n) is 4.88. The summed E-state index contributed by atoms with van der Waals surface area (Å²) in [4.78, 5) is 34.0. The molecule has 0 saturated carbocycles. The van der Waals surface area contributed by atoms with Crippen LogP contribution < -0.4 is 17.1 Å². The van der Waals surface area contributed by atoms with Crippen molar-refractivity contribution >= 4 is 51.2 Å². The quantitative estimate of drug-likeness (QED) is 0.584. The van der Waals surface area contributed by atoms with E-state index in [2.05, 4.69) is 32.3 Å². The van der Waals surface area contributed by atoms with E-state index in [9.17, 15) is 14.4 Å². The number of aromatic amines is 1. The topological polar surface area (TPSA) is 76.9 Å². The Balaban J connectivity index is 0.00000121. The Labute approximate surface area is 94.4 Å². The first-order chi connectivity index (χ1) is 5.04. The van der Waals surface area contributed by atoms with Gasteiger partial charge in [0.25, 0.3) is 0 Å². The van der Waals surface area contributed by atoms with E-state index >= 15 is 0 Å². The van der Waals surface area contributed by atoms with Crippen LogP contribution in [0.15, 0.2) is 14.4 Å². The standard InChI is InChI=1S/C3HBr2N3O3.Li.H/c4-7-1(9)6-2(10)8(5)3(7)11;;/h(H,6,9,10);;. The van der Waals surface area contributed by atoms with Crippen LogP contribution in [0.25, 0.3) is 0 Å². The molecule has 12 heavy (non-hydrogen) atoms. The zero-order chi connectivity index (χ0) is 8.59. The molecule has 0 spiro atoms. The predicted octanol–water partition coefficient (Wildman–Crippen LogP) is -1.63. The molecule has 0 saturated heterocycles. The van der Waals surface area contributed by atoms with Crippen LogP contribution in [-0.2, 0) is 0 Å². The minimum absolute atomic E-state index is 0. The number of nitrogens with zero attached hydrogens (tertiary/aromatic N) is 2. The van der Waals surface area contributed by atoms with Crippen molar-refractivity contribution in [2.75, 3.05) is 0 Å². The Bertz CT molecular complexity index is 408. The van der Waals surface area contributed by atoms with Gasteiger partial charge in [-0.1, -0.05) is 0 Å². The summed E-state index contributed by atoms with van der Waals surface area (Å²) in [5.41, 5.74) is -2.41. The van der Waals surface area contributed by atoms with Gasteiger partial charge < -0.3 is 0 Å². The third-order valence-electron chi connectivity index (χ3n) is 0.906. The fourth-order valence-corrected chi connectivity index (χ4v) is 1.15. The molecule has 1 rings (SSSR count). The summed E-state index contributed by atoms with van der Waals surface area (Å²) >= 11 is 5.27. The molecule has 1 N–H and O–H groups in total. The minimum atomic E-state index is -0.810. The van der Waals surface area contributed by atoms with E-state index in [0.717, 1.165) is 0 Å². The van der Waals surface area contributed by atoms with E-state index in [-0.39, 0.29) is 18.9 Å². The van der Waals surface area contributed by atoms with Crippen molar-refractivity contribution in [1.82, 2.24) is 12.2 Å². The Morgan fingerprint density at radius 3 is 1.67 bits per heavy atom. The van der Waals surface area contributed by atoms with Crippen molar-refractivity contribution in [2.24, 2.45) is 0 Å². The summed E-state index contributed by atoms with van der Waals surface area (Å²) in [6.07, 6.45) is 0. The van der Waals surface area contributed by atoms with Gasteiger partial charge in [0.05, 0.1) is 32.3 Å². The van der Waals surface area contributed by atoms with Crippen molar-refractivity contribution in [1.29, 1.82) is 0 Å². The molecule has 0 radical (unpaired) electrons. The molecule has 1 aromatic rings. The summed E-state index contributed by atoms with van der Waals surface area (Å²) in [5.74, 6) is 0. The summed E-state index contributed by atoms with van der Waals surface area (Å²) in [5, 5.41) is 0. The van der Waals surface area contributed by atoms with Crippen molar-refractivity contribution in [2.45, 2.75) is 0 Å². The number of aromatic nitrogens is 3. The van der Waals surface area contributed by atoms with Gasteiger partial charge in [-0.3, -0.25) is 4.98 Å². The maximum atomic E-state index is 10.8. The SMILES string of the molecule is O=c1[nH]c(=O)n(Br)c(=O)n1Br.[LiH]. The molecule has 0 amide bonds. The second-order valence-corrected chi connectivity index (χ2v) is 3.00. The van der Waals surface area contributed by atoms with Crippen LogP contribution in [-0.4, -0.2) is 31.0 Å². The fraction of sp³-hybridized carbons (Fsp3) is 0. The molecule has 0 aliphatic rings. The molecule has 1 heterocycles. The van der Waals surface area contributed by atoms with Crippen molar-refractivity contribution in [3.05, 3.63) is 31.5 Å². The van der Waals surface area contributed by atoms with E-state index < -0.39 is 17.1 Å².